The van der Waals surface area contributed by atoms with Gasteiger partial charge in [0.05, 0.1) is 12.5 Å². The number of carbonyl (C=O) groups is 2. The number of carboxylic acid groups (broad SMARTS) is 1. The van der Waals surface area contributed by atoms with Gasteiger partial charge in [-0.1, -0.05) is 12.1 Å². The van der Waals surface area contributed by atoms with Gasteiger partial charge in [-0.25, -0.2) is 14.8 Å². The SMILES string of the molecule is CNc1ccc([C@H](CC(=O)O)N2CCN(CCCc3ccc4c(n3)NCCC4)C2=O)cn1. The molecule has 3 N–H and O–H groups in total. The van der Waals surface area contributed by atoms with Crippen molar-refractivity contribution in [3.63, 3.8) is 0 Å². The van der Waals surface area contributed by atoms with E-state index in [-0.39, 0.29) is 12.5 Å². The average molecular weight is 439 g/mol. The molecule has 4 rings (SSSR count). The number of nitrogens with one attached hydrogen (secondary N) is 2. The van der Waals surface area contributed by atoms with Crippen LogP contribution in [-0.2, 0) is 17.6 Å². The largest absolute Gasteiger partial charge is 0.481 e. The van der Waals surface area contributed by atoms with Crippen molar-refractivity contribution in [1.82, 2.24) is 19.8 Å². The maximum atomic E-state index is 13.1. The van der Waals surface area contributed by atoms with Crippen LogP contribution in [0.4, 0.5) is 16.4 Å². The van der Waals surface area contributed by atoms with Crippen molar-refractivity contribution in [2.75, 3.05) is 43.9 Å². The summed E-state index contributed by atoms with van der Waals surface area (Å²) in [5.41, 5.74) is 3.03. The van der Waals surface area contributed by atoms with Crippen LogP contribution in [0.2, 0.25) is 0 Å². The van der Waals surface area contributed by atoms with Gasteiger partial charge in [-0.2, -0.15) is 0 Å². The van der Waals surface area contributed by atoms with Crippen LogP contribution in [0, 0.1) is 0 Å². The van der Waals surface area contributed by atoms with E-state index in [4.69, 9.17) is 4.98 Å². The van der Waals surface area contributed by atoms with Crippen molar-refractivity contribution in [1.29, 1.82) is 0 Å². The predicted molar refractivity (Wildman–Crippen MR) is 122 cm³/mol. The van der Waals surface area contributed by atoms with E-state index in [9.17, 15) is 14.7 Å². The Kier molecular flexibility index (Phi) is 6.72. The summed E-state index contributed by atoms with van der Waals surface area (Å²) >= 11 is 0. The molecule has 0 aromatic carbocycles. The number of aromatic nitrogens is 2. The molecule has 0 unspecified atom stereocenters. The molecule has 2 aromatic rings. The molecule has 32 heavy (non-hydrogen) atoms. The lowest BCUT2D eigenvalue weighted by molar-refractivity contribution is -0.138. The van der Waals surface area contributed by atoms with Gasteiger partial charge in [0.25, 0.3) is 0 Å². The zero-order valence-corrected chi connectivity index (χ0v) is 18.4. The standard InChI is InChI=1S/C23H30N6O3/c1-24-20-9-7-17(15-26-20)19(14-21(30)31)29-13-12-28(23(29)32)11-3-5-18-8-6-16-4-2-10-25-22(16)27-18/h6-9,15,19H,2-5,10-14H2,1H3,(H,24,26)(H,25,27)(H,30,31)/t19-/m0/s1. The number of anilines is 2. The minimum atomic E-state index is -0.939. The number of rotatable bonds is 9. The molecule has 2 amide bonds. The van der Waals surface area contributed by atoms with Gasteiger partial charge in [0.15, 0.2) is 0 Å². The van der Waals surface area contributed by atoms with Crippen LogP contribution in [0.5, 0.6) is 0 Å². The fraction of sp³-hybridized carbons (Fsp3) is 0.478. The molecule has 1 saturated heterocycles. The van der Waals surface area contributed by atoms with E-state index in [1.807, 2.05) is 6.07 Å². The van der Waals surface area contributed by atoms with Crippen LogP contribution < -0.4 is 10.6 Å². The molecular weight excluding hydrogens is 408 g/mol. The van der Waals surface area contributed by atoms with Gasteiger partial charge in [0.1, 0.15) is 11.6 Å². The maximum absolute atomic E-state index is 13.1. The molecule has 2 aliphatic rings. The van der Waals surface area contributed by atoms with Crippen molar-refractivity contribution in [3.05, 3.63) is 47.3 Å². The van der Waals surface area contributed by atoms with E-state index in [2.05, 4.69) is 27.8 Å². The lowest BCUT2D eigenvalue weighted by Crippen LogP contribution is -2.36. The van der Waals surface area contributed by atoms with Gasteiger partial charge in [0.2, 0.25) is 0 Å². The lowest BCUT2D eigenvalue weighted by Gasteiger charge is -2.27. The molecule has 9 heteroatoms. The topological polar surface area (TPSA) is 111 Å². The summed E-state index contributed by atoms with van der Waals surface area (Å²) in [6.45, 7) is 2.69. The minimum Gasteiger partial charge on any atom is -0.481 e. The van der Waals surface area contributed by atoms with Crippen LogP contribution in [0.3, 0.4) is 0 Å². The lowest BCUT2D eigenvalue weighted by atomic mass is 10.0. The molecule has 1 atom stereocenters. The number of amides is 2. The predicted octanol–water partition coefficient (Wildman–Crippen LogP) is 2.76. The molecule has 1 fully saturated rings. The van der Waals surface area contributed by atoms with E-state index in [0.29, 0.717) is 25.5 Å². The highest BCUT2D eigenvalue weighted by atomic mass is 16.4. The Bertz CT molecular complexity index is 965. The van der Waals surface area contributed by atoms with Gasteiger partial charge in [0, 0.05) is 45.1 Å². The summed E-state index contributed by atoms with van der Waals surface area (Å²) in [4.78, 5) is 37.0. The zero-order chi connectivity index (χ0) is 22.5. The Morgan fingerprint density at radius 2 is 2.16 bits per heavy atom. The highest BCUT2D eigenvalue weighted by Crippen LogP contribution is 2.29. The van der Waals surface area contributed by atoms with Crippen molar-refractivity contribution in [2.24, 2.45) is 0 Å². The number of urea groups is 1. The number of hydrogen-bond donors (Lipinski definition) is 3. The van der Waals surface area contributed by atoms with E-state index in [1.54, 1.807) is 29.1 Å². The zero-order valence-electron chi connectivity index (χ0n) is 18.4. The van der Waals surface area contributed by atoms with Crippen molar-refractivity contribution >= 4 is 23.6 Å². The number of carbonyl (C=O) groups excluding carboxylic acids is 1. The second kappa shape index (κ2) is 9.84. The number of aryl methyl sites for hydroxylation is 2. The van der Waals surface area contributed by atoms with Gasteiger partial charge >= 0.3 is 12.0 Å². The Balaban J connectivity index is 1.36. The summed E-state index contributed by atoms with van der Waals surface area (Å²) in [5.74, 6) is 0.751. The Labute approximate surface area is 187 Å². The minimum absolute atomic E-state index is 0.117. The van der Waals surface area contributed by atoms with E-state index < -0.39 is 12.0 Å². The molecule has 0 spiro atoms. The number of nitrogens with zero attached hydrogens (tertiary/aromatic N) is 4. The van der Waals surface area contributed by atoms with E-state index in [0.717, 1.165) is 49.3 Å². The Morgan fingerprint density at radius 3 is 2.91 bits per heavy atom. The molecule has 9 nitrogen and oxygen atoms in total. The first-order chi connectivity index (χ1) is 15.5. The van der Waals surface area contributed by atoms with Gasteiger partial charge in [-0.05, 0) is 48.9 Å². The van der Waals surface area contributed by atoms with Gasteiger partial charge < -0.3 is 25.5 Å². The van der Waals surface area contributed by atoms with Crippen LogP contribution in [0.1, 0.15) is 42.1 Å². The van der Waals surface area contributed by atoms with Crippen LogP contribution in [0.15, 0.2) is 30.5 Å². The van der Waals surface area contributed by atoms with Crippen molar-refractivity contribution in [2.45, 2.75) is 38.1 Å². The second-order valence-corrected chi connectivity index (χ2v) is 8.25. The summed E-state index contributed by atoms with van der Waals surface area (Å²) in [6.07, 6.45) is 5.32. The van der Waals surface area contributed by atoms with Crippen LogP contribution >= 0.6 is 0 Å². The van der Waals surface area contributed by atoms with Crippen molar-refractivity contribution < 1.29 is 14.7 Å². The quantitative estimate of drug-likeness (QED) is 0.552. The number of pyridine rings is 2. The van der Waals surface area contributed by atoms with E-state index in [1.165, 1.54) is 5.56 Å². The molecule has 0 radical (unpaired) electrons. The summed E-state index contributed by atoms with van der Waals surface area (Å²) in [7, 11) is 1.77. The molecule has 4 heterocycles. The second-order valence-electron chi connectivity index (χ2n) is 8.25. The monoisotopic (exact) mass is 438 g/mol. The summed E-state index contributed by atoms with van der Waals surface area (Å²) < 4.78 is 0. The van der Waals surface area contributed by atoms with Gasteiger partial charge in [-0.15, -0.1) is 0 Å². The van der Waals surface area contributed by atoms with Crippen LogP contribution in [0.25, 0.3) is 0 Å². The number of aliphatic carboxylic acids is 1. The highest BCUT2D eigenvalue weighted by molar-refractivity contribution is 5.78. The molecule has 2 aliphatic heterocycles. The Hall–Kier alpha value is -3.36. The molecule has 0 bridgehead atoms. The third-order valence-corrected chi connectivity index (χ3v) is 6.11. The van der Waals surface area contributed by atoms with E-state index >= 15 is 0 Å². The normalized spacial score (nSPS) is 16.5. The Morgan fingerprint density at radius 1 is 1.28 bits per heavy atom. The van der Waals surface area contributed by atoms with Crippen molar-refractivity contribution in [3.8, 4) is 0 Å². The average Bonchev–Trinajstić information content (AvgIpc) is 3.17. The molecular formula is C23H30N6O3. The third kappa shape index (κ3) is 4.92. The number of fused-ring (bicyclic) bond motifs is 1. The molecule has 0 saturated carbocycles. The highest BCUT2D eigenvalue weighted by Gasteiger charge is 2.35. The van der Waals surface area contributed by atoms with Gasteiger partial charge in [-0.3, -0.25) is 4.79 Å². The third-order valence-electron chi connectivity index (χ3n) is 6.11. The first kappa shape index (κ1) is 21.9. The fourth-order valence-corrected chi connectivity index (χ4v) is 4.38. The number of hydrogen-bond acceptors (Lipinski definition) is 6. The smallest absolute Gasteiger partial charge is 0.320 e. The maximum Gasteiger partial charge on any atom is 0.320 e. The molecule has 170 valence electrons. The molecule has 0 aliphatic carbocycles. The fourth-order valence-electron chi connectivity index (χ4n) is 4.38. The first-order valence-corrected chi connectivity index (χ1v) is 11.2. The molecule has 2 aromatic heterocycles. The number of carboxylic acids is 1. The summed E-state index contributed by atoms with van der Waals surface area (Å²) in [5, 5.41) is 15.7. The van der Waals surface area contributed by atoms with Crippen LogP contribution in [-0.4, -0.2) is 70.1 Å². The summed E-state index contributed by atoms with van der Waals surface area (Å²) in [6, 6.07) is 7.21. The first-order valence-electron chi connectivity index (χ1n) is 11.2.